The molecule has 1 aromatic heterocycles. The Morgan fingerprint density at radius 3 is 2.39 bits per heavy atom. The third-order valence-corrected chi connectivity index (χ3v) is 7.63. The fraction of sp³-hybridized carbons (Fsp3) is 0.300. The number of H-pyrrole nitrogens is 1. The Labute approximate surface area is 211 Å². The number of aromatic nitrogens is 1. The molecule has 184 valence electrons. The van der Waals surface area contributed by atoms with Crippen LogP contribution in [-0.4, -0.2) is 36.7 Å². The van der Waals surface area contributed by atoms with Gasteiger partial charge in [0, 0.05) is 34.2 Å². The van der Waals surface area contributed by atoms with E-state index in [1.54, 1.807) is 14.2 Å². The van der Waals surface area contributed by atoms with Crippen molar-refractivity contribution in [3.05, 3.63) is 88.6 Å². The van der Waals surface area contributed by atoms with E-state index >= 15 is 0 Å². The number of aromatic amines is 1. The minimum Gasteiger partial charge on any atom is -0.493 e. The molecule has 1 aliphatic heterocycles. The van der Waals surface area contributed by atoms with E-state index in [9.17, 15) is 4.79 Å². The van der Waals surface area contributed by atoms with Crippen molar-refractivity contribution in [2.24, 2.45) is 0 Å². The molecule has 0 saturated heterocycles. The van der Waals surface area contributed by atoms with Crippen LogP contribution >= 0.6 is 0 Å². The average Bonchev–Trinajstić information content (AvgIpc) is 3.51. The van der Waals surface area contributed by atoms with Gasteiger partial charge in [-0.05, 0) is 79.3 Å². The van der Waals surface area contributed by atoms with Crippen LogP contribution in [0.5, 0.6) is 11.5 Å². The lowest BCUT2D eigenvalue weighted by Gasteiger charge is -2.40. The number of urea groups is 1. The van der Waals surface area contributed by atoms with Gasteiger partial charge in [0.25, 0.3) is 0 Å². The maximum atomic E-state index is 13.9. The number of amides is 2. The van der Waals surface area contributed by atoms with E-state index in [1.807, 2.05) is 49.1 Å². The van der Waals surface area contributed by atoms with E-state index in [4.69, 9.17) is 9.47 Å². The van der Waals surface area contributed by atoms with Gasteiger partial charge < -0.3 is 24.7 Å². The molecule has 1 aliphatic carbocycles. The van der Waals surface area contributed by atoms with Crippen molar-refractivity contribution in [1.82, 2.24) is 9.88 Å². The highest BCUT2D eigenvalue weighted by atomic mass is 16.5. The molecule has 2 amide bonds. The number of fused-ring (bicyclic) bond motifs is 4. The molecule has 1 spiro atoms. The molecule has 2 heterocycles. The molecule has 2 aliphatic rings. The number of methoxy groups -OCH3 is 2. The Hall–Kier alpha value is -3.93. The number of anilines is 1. The van der Waals surface area contributed by atoms with E-state index in [1.165, 1.54) is 10.9 Å². The SMILES string of the molecule is COc1ccc(C2c3[nH]c4ccccc4c3C3(CC3)CN2C(=O)Nc2cc(C)cc(C)c2)cc1OC. The average molecular weight is 482 g/mol. The standard InChI is InChI=1S/C30H31N3O3/c1-18-13-19(2)15-21(14-18)31-29(34)33-17-30(11-12-30)26-22-7-5-6-8-23(22)32-27(26)28(33)20-9-10-24(35-3)25(16-20)36-4/h5-10,13-16,28,32H,11-12,17H2,1-4H3,(H,31,34). The smallest absolute Gasteiger partial charge is 0.322 e. The van der Waals surface area contributed by atoms with Gasteiger partial charge in [-0.1, -0.05) is 30.3 Å². The van der Waals surface area contributed by atoms with Crippen molar-refractivity contribution >= 4 is 22.6 Å². The summed E-state index contributed by atoms with van der Waals surface area (Å²) in [6.07, 6.45) is 2.15. The summed E-state index contributed by atoms with van der Waals surface area (Å²) < 4.78 is 11.1. The summed E-state index contributed by atoms with van der Waals surface area (Å²) in [7, 11) is 3.27. The van der Waals surface area contributed by atoms with Crippen LogP contribution in [0.3, 0.4) is 0 Å². The number of ether oxygens (including phenoxy) is 2. The van der Waals surface area contributed by atoms with Gasteiger partial charge >= 0.3 is 6.03 Å². The largest absolute Gasteiger partial charge is 0.493 e. The van der Waals surface area contributed by atoms with Crippen LogP contribution in [0.15, 0.2) is 60.7 Å². The molecule has 1 atom stereocenters. The van der Waals surface area contributed by atoms with Crippen molar-refractivity contribution in [1.29, 1.82) is 0 Å². The number of carbonyl (C=O) groups is 1. The van der Waals surface area contributed by atoms with E-state index < -0.39 is 0 Å². The monoisotopic (exact) mass is 481 g/mol. The highest BCUT2D eigenvalue weighted by Crippen LogP contribution is 2.58. The Balaban J connectivity index is 1.50. The first-order valence-electron chi connectivity index (χ1n) is 12.4. The van der Waals surface area contributed by atoms with Crippen molar-refractivity contribution in [2.45, 2.75) is 38.1 Å². The van der Waals surface area contributed by atoms with Gasteiger partial charge in [0.1, 0.15) is 0 Å². The number of carbonyl (C=O) groups excluding carboxylic acids is 1. The molecule has 1 fully saturated rings. The van der Waals surface area contributed by atoms with Gasteiger partial charge in [-0.25, -0.2) is 4.79 Å². The lowest BCUT2D eigenvalue weighted by atomic mass is 9.83. The summed E-state index contributed by atoms with van der Waals surface area (Å²) in [6.45, 7) is 4.76. The summed E-state index contributed by atoms with van der Waals surface area (Å²) in [6, 6.07) is 20.2. The fourth-order valence-electron chi connectivity index (χ4n) is 5.95. The van der Waals surface area contributed by atoms with Crippen LogP contribution in [-0.2, 0) is 5.41 Å². The number of benzene rings is 3. The number of para-hydroxylation sites is 1. The van der Waals surface area contributed by atoms with Crippen LogP contribution in [0.1, 0.15) is 46.8 Å². The van der Waals surface area contributed by atoms with Gasteiger partial charge in [-0.3, -0.25) is 0 Å². The Kier molecular flexibility index (Phi) is 5.21. The normalized spacial score (nSPS) is 17.7. The Morgan fingerprint density at radius 1 is 0.972 bits per heavy atom. The maximum Gasteiger partial charge on any atom is 0.322 e. The van der Waals surface area contributed by atoms with Crippen LogP contribution in [0.4, 0.5) is 10.5 Å². The summed E-state index contributed by atoms with van der Waals surface area (Å²) in [4.78, 5) is 19.6. The summed E-state index contributed by atoms with van der Waals surface area (Å²) in [5.74, 6) is 1.31. The number of rotatable bonds is 4. The van der Waals surface area contributed by atoms with Crippen LogP contribution in [0.25, 0.3) is 10.9 Å². The molecule has 2 N–H and O–H groups in total. The van der Waals surface area contributed by atoms with E-state index in [0.717, 1.165) is 46.4 Å². The topological polar surface area (TPSA) is 66.6 Å². The number of nitrogens with zero attached hydrogens (tertiary/aromatic N) is 1. The quantitative estimate of drug-likeness (QED) is 0.351. The highest BCUT2D eigenvalue weighted by Gasteiger charge is 2.54. The summed E-state index contributed by atoms with van der Waals surface area (Å²) in [5, 5.41) is 4.45. The molecule has 0 radical (unpaired) electrons. The zero-order valence-corrected chi connectivity index (χ0v) is 21.1. The number of aryl methyl sites for hydroxylation is 2. The van der Waals surface area contributed by atoms with Gasteiger partial charge in [-0.15, -0.1) is 0 Å². The Morgan fingerprint density at radius 2 is 1.69 bits per heavy atom. The van der Waals surface area contributed by atoms with Crippen molar-refractivity contribution in [3.8, 4) is 11.5 Å². The summed E-state index contributed by atoms with van der Waals surface area (Å²) in [5.41, 5.74) is 7.57. The molecule has 6 heteroatoms. The highest BCUT2D eigenvalue weighted by molar-refractivity contribution is 5.93. The first-order valence-corrected chi connectivity index (χ1v) is 12.4. The Bertz CT molecular complexity index is 1460. The third kappa shape index (κ3) is 3.60. The molecular weight excluding hydrogens is 450 g/mol. The molecular formula is C30H31N3O3. The van der Waals surface area contributed by atoms with Gasteiger partial charge in [0.05, 0.1) is 20.3 Å². The minimum atomic E-state index is -0.288. The first kappa shape index (κ1) is 22.5. The number of hydrogen-bond donors (Lipinski definition) is 2. The molecule has 36 heavy (non-hydrogen) atoms. The van der Waals surface area contributed by atoms with E-state index in [2.05, 4.69) is 40.6 Å². The number of nitrogens with one attached hydrogen (secondary N) is 2. The molecule has 0 bridgehead atoms. The first-order chi connectivity index (χ1) is 17.4. The second-order valence-electron chi connectivity index (χ2n) is 10.2. The van der Waals surface area contributed by atoms with Crippen molar-refractivity contribution < 1.29 is 14.3 Å². The molecule has 4 aromatic rings. The van der Waals surface area contributed by atoms with Crippen LogP contribution in [0, 0.1) is 13.8 Å². The van der Waals surface area contributed by atoms with Crippen molar-refractivity contribution in [2.75, 3.05) is 26.1 Å². The second kappa shape index (κ2) is 8.33. The van der Waals surface area contributed by atoms with E-state index in [-0.39, 0.29) is 17.5 Å². The van der Waals surface area contributed by atoms with Gasteiger partial charge in [0.15, 0.2) is 11.5 Å². The zero-order chi connectivity index (χ0) is 25.0. The van der Waals surface area contributed by atoms with Gasteiger partial charge in [-0.2, -0.15) is 0 Å². The minimum absolute atomic E-state index is 0.0120. The van der Waals surface area contributed by atoms with Crippen LogP contribution in [0.2, 0.25) is 0 Å². The molecule has 1 unspecified atom stereocenters. The third-order valence-electron chi connectivity index (χ3n) is 7.63. The zero-order valence-electron chi connectivity index (χ0n) is 21.1. The van der Waals surface area contributed by atoms with E-state index in [0.29, 0.717) is 18.0 Å². The van der Waals surface area contributed by atoms with Gasteiger partial charge in [0.2, 0.25) is 0 Å². The predicted octanol–water partition coefficient (Wildman–Crippen LogP) is 6.47. The lowest BCUT2D eigenvalue weighted by molar-refractivity contribution is 0.181. The maximum absolute atomic E-state index is 13.9. The fourth-order valence-corrected chi connectivity index (χ4v) is 5.95. The second-order valence-corrected chi connectivity index (χ2v) is 10.2. The van der Waals surface area contributed by atoms with Crippen LogP contribution < -0.4 is 14.8 Å². The van der Waals surface area contributed by atoms with Crippen molar-refractivity contribution in [3.63, 3.8) is 0 Å². The lowest BCUT2D eigenvalue weighted by Crippen LogP contribution is -2.47. The molecule has 1 saturated carbocycles. The predicted molar refractivity (Wildman–Crippen MR) is 142 cm³/mol. The molecule has 6 rings (SSSR count). The molecule has 6 nitrogen and oxygen atoms in total. The summed E-state index contributed by atoms with van der Waals surface area (Å²) >= 11 is 0. The molecule has 3 aromatic carbocycles. The number of hydrogen-bond acceptors (Lipinski definition) is 3.